The molecule has 0 saturated heterocycles. The molecule has 78 valence electrons. The molecule has 2 N–H and O–H groups in total. The average Bonchev–Trinajstić information content (AvgIpc) is 2.84. The standard InChI is InChI=1S/C11H17NO2/c1-8(12)11(5-6-11)10-4-3-9(14-10)7-13-2/h3-4,8H,5-7,12H2,1-2H3. The van der Waals surface area contributed by atoms with Gasteiger partial charge >= 0.3 is 0 Å². The van der Waals surface area contributed by atoms with Crippen molar-refractivity contribution < 1.29 is 9.15 Å². The third-order valence-corrected chi connectivity index (χ3v) is 3.10. The molecule has 1 fully saturated rings. The minimum Gasteiger partial charge on any atom is -0.463 e. The van der Waals surface area contributed by atoms with Crippen molar-refractivity contribution in [2.75, 3.05) is 7.11 Å². The Hall–Kier alpha value is -0.800. The number of hydrogen-bond acceptors (Lipinski definition) is 3. The van der Waals surface area contributed by atoms with E-state index in [1.165, 1.54) is 0 Å². The Morgan fingerprint density at radius 1 is 1.57 bits per heavy atom. The van der Waals surface area contributed by atoms with Gasteiger partial charge in [0.25, 0.3) is 0 Å². The Balaban J connectivity index is 2.17. The zero-order valence-electron chi connectivity index (χ0n) is 8.75. The van der Waals surface area contributed by atoms with E-state index >= 15 is 0 Å². The molecule has 0 bridgehead atoms. The normalized spacial score (nSPS) is 20.8. The van der Waals surface area contributed by atoms with E-state index in [0.29, 0.717) is 6.61 Å². The van der Waals surface area contributed by atoms with Gasteiger partial charge in [0.15, 0.2) is 0 Å². The molecule has 0 radical (unpaired) electrons. The molecule has 14 heavy (non-hydrogen) atoms. The summed E-state index contributed by atoms with van der Waals surface area (Å²) in [5.41, 5.74) is 6.07. The van der Waals surface area contributed by atoms with Gasteiger partial charge in [0, 0.05) is 18.6 Å². The summed E-state index contributed by atoms with van der Waals surface area (Å²) in [5.74, 6) is 1.91. The van der Waals surface area contributed by atoms with Gasteiger partial charge in [-0.25, -0.2) is 0 Å². The van der Waals surface area contributed by atoms with Gasteiger partial charge in [-0.15, -0.1) is 0 Å². The molecule has 1 atom stereocenters. The summed E-state index contributed by atoms with van der Waals surface area (Å²) in [7, 11) is 1.67. The molecule has 1 aliphatic rings. The van der Waals surface area contributed by atoms with Crippen LogP contribution in [0.25, 0.3) is 0 Å². The minimum atomic E-state index is 0.117. The monoisotopic (exact) mass is 195 g/mol. The molecule has 1 heterocycles. The SMILES string of the molecule is COCc1ccc(C2(C(C)N)CC2)o1. The molecule has 0 aliphatic heterocycles. The van der Waals surface area contributed by atoms with Crippen LogP contribution >= 0.6 is 0 Å². The van der Waals surface area contributed by atoms with Crippen LogP contribution in [0, 0.1) is 0 Å². The van der Waals surface area contributed by atoms with Gasteiger partial charge in [-0.05, 0) is 31.9 Å². The molecule has 1 unspecified atom stereocenters. The largest absolute Gasteiger partial charge is 0.463 e. The lowest BCUT2D eigenvalue weighted by molar-refractivity contribution is 0.161. The zero-order chi connectivity index (χ0) is 10.2. The van der Waals surface area contributed by atoms with Crippen molar-refractivity contribution in [1.29, 1.82) is 0 Å². The van der Waals surface area contributed by atoms with Gasteiger partial charge in [0.1, 0.15) is 18.1 Å². The van der Waals surface area contributed by atoms with Gasteiger partial charge in [0.2, 0.25) is 0 Å². The summed E-state index contributed by atoms with van der Waals surface area (Å²) >= 11 is 0. The van der Waals surface area contributed by atoms with Crippen LogP contribution in [0.2, 0.25) is 0 Å². The van der Waals surface area contributed by atoms with E-state index in [1.54, 1.807) is 7.11 Å². The Kier molecular flexibility index (Phi) is 2.37. The maximum absolute atomic E-state index is 5.96. The lowest BCUT2D eigenvalue weighted by Crippen LogP contribution is -2.31. The number of furan rings is 1. The van der Waals surface area contributed by atoms with Crippen molar-refractivity contribution in [3.05, 3.63) is 23.7 Å². The first-order chi connectivity index (χ1) is 6.69. The van der Waals surface area contributed by atoms with E-state index in [-0.39, 0.29) is 11.5 Å². The second-order valence-corrected chi connectivity index (χ2v) is 4.14. The second-order valence-electron chi connectivity index (χ2n) is 4.14. The molecule has 0 aromatic carbocycles. The fourth-order valence-corrected chi connectivity index (χ4v) is 1.93. The number of hydrogen-bond donors (Lipinski definition) is 1. The van der Waals surface area contributed by atoms with Crippen LogP contribution in [-0.2, 0) is 16.8 Å². The van der Waals surface area contributed by atoms with Crippen molar-refractivity contribution in [3.63, 3.8) is 0 Å². The van der Waals surface area contributed by atoms with Crippen molar-refractivity contribution in [3.8, 4) is 0 Å². The fourth-order valence-electron chi connectivity index (χ4n) is 1.93. The molecule has 3 heteroatoms. The van der Waals surface area contributed by atoms with Crippen LogP contribution in [0.4, 0.5) is 0 Å². The first kappa shape index (κ1) is 9.74. The number of ether oxygens (including phenoxy) is 1. The molecular formula is C11H17NO2. The number of nitrogens with two attached hydrogens (primary N) is 1. The summed E-state index contributed by atoms with van der Waals surface area (Å²) in [5, 5.41) is 0. The molecule has 1 aromatic rings. The molecule has 3 nitrogen and oxygen atoms in total. The number of methoxy groups -OCH3 is 1. The van der Waals surface area contributed by atoms with E-state index in [2.05, 4.69) is 0 Å². The fraction of sp³-hybridized carbons (Fsp3) is 0.636. The van der Waals surface area contributed by atoms with Crippen LogP contribution in [-0.4, -0.2) is 13.2 Å². The van der Waals surface area contributed by atoms with Gasteiger partial charge < -0.3 is 14.9 Å². The average molecular weight is 195 g/mol. The summed E-state index contributed by atoms with van der Waals surface area (Å²) in [4.78, 5) is 0. The minimum absolute atomic E-state index is 0.117. The van der Waals surface area contributed by atoms with Crippen LogP contribution in [0.3, 0.4) is 0 Å². The van der Waals surface area contributed by atoms with Crippen LogP contribution < -0.4 is 5.73 Å². The smallest absolute Gasteiger partial charge is 0.129 e. The second kappa shape index (κ2) is 3.41. The van der Waals surface area contributed by atoms with Gasteiger partial charge in [0.05, 0.1) is 0 Å². The molecule has 1 saturated carbocycles. The lowest BCUT2D eigenvalue weighted by atomic mass is 9.96. The highest BCUT2D eigenvalue weighted by molar-refractivity contribution is 5.26. The summed E-state index contributed by atoms with van der Waals surface area (Å²) in [6, 6.07) is 4.18. The molecule has 0 amide bonds. The Bertz CT molecular complexity index is 313. The maximum Gasteiger partial charge on any atom is 0.129 e. The van der Waals surface area contributed by atoms with E-state index < -0.39 is 0 Å². The van der Waals surface area contributed by atoms with Gasteiger partial charge in [-0.3, -0.25) is 0 Å². The Morgan fingerprint density at radius 3 is 2.79 bits per heavy atom. The first-order valence-electron chi connectivity index (χ1n) is 5.03. The maximum atomic E-state index is 5.96. The first-order valence-corrected chi connectivity index (χ1v) is 5.03. The van der Waals surface area contributed by atoms with E-state index in [0.717, 1.165) is 24.4 Å². The van der Waals surface area contributed by atoms with E-state index in [1.807, 2.05) is 19.1 Å². The predicted molar refractivity (Wildman–Crippen MR) is 54.0 cm³/mol. The lowest BCUT2D eigenvalue weighted by Gasteiger charge is -2.16. The number of rotatable bonds is 4. The topological polar surface area (TPSA) is 48.4 Å². The Labute approximate surface area is 84.2 Å². The highest BCUT2D eigenvalue weighted by atomic mass is 16.5. The van der Waals surface area contributed by atoms with Crippen LogP contribution in [0.15, 0.2) is 16.5 Å². The van der Waals surface area contributed by atoms with E-state index in [9.17, 15) is 0 Å². The predicted octanol–water partition coefficient (Wildman–Crippen LogP) is 1.80. The quantitative estimate of drug-likeness (QED) is 0.797. The van der Waals surface area contributed by atoms with Crippen molar-refractivity contribution in [1.82, 2.24) is 0 Å². The molecule has 1 aromatic heterocycles. The highest BCUT2D eigenvalue weighted by Crippen LogP contribution is 2.50. The third kappa shape index (κ3) is 1.47. The van der Waals surface area contributed by atoms with Crippen LogP contribution in [0.1, 0.15) is 31.3 Å². The third-order valence-electron chi connectivity index (χ3n) is 3.10. The Morgan fingerprint density at radius 2 is 2.29 bits per heavy atom. The van der Waals surface area contributed by atoms with Gasteiger partial charge in [-0.2, -0.15) is 0 Å². The van der Waals surface area contributed by atoms with E-state index in [4.69, 9.17) is 14.9 Å². The van der Waals surface area contributed by atoms with Crippen LogP contribution in [0.5, 0.6) is 0 Å². The summed E-state index contributed by atoms with van der Waals surface area (Å²) < 4.78 is 10.7. The van der Waals surface area contributed by atoms with Crippen molar-refractivity contribution in [2.45, 2.75) is 37.8 Å². The zero-order valence-corrected chi connectivity index (χ0v) is 8.75. The summed E-state index contributed by atoms with van der Waals surface area (Å²) in [6.07, 6.45) is 2.29. The molecule has 1 aliphatic carbocycles. The van der Waals surface area contributed by atoms with Gasteiger partial charge in [-0.1, -0.05) is 0 Å². The molecule has 0 spiro atoms. The molecule has 2 rings (SSSR count). The summed E-state index contributed by atoms with van der Waals surface area (Å²) in [6.45, 7) is 2.58. The highest BCUT2D eigenvalue weighted by Gasteiger charge is 2.50. The van der Waals surface area contributed by atoms with Crippen molar-refractivity contribution >= 4 is 0 Å². The molecular weight excluding hydrogens is 178 g/mol. The van der Waals surface area contributed by atoms with Crippen molar-refractivity contribution in [2.24, 2.45) is 5.73 Å².